The van der Waals surface area contributed by atoms with Gasteiger partial charge in [-0.1, -0.05) is 0 Å². The number of amides is 1. The Labute approximate surface area is 127 Å². The Morgan fingerprint density at radius 1 is 1.41 bits per heavy atom. The largest absolute Gasteiger partial charge is 0.481 e. The zero-order chi connectivity index (χ0) is 15.9. The van der Waals surface area contributed by atoms with Gasteiger partial charge in [0.2, 0.25) is 0 Å². The SMILES string of the molecule is Cc1ccc2oc(C(=O)N3CCC[C@@H](C(=O)O)[C@H]3C)cc2n1. The summed E-state index contributed by atoms with van der Waals surface area (Å²) in [4.78, 5) is 29.8. The van der Waals surface area contributed by atoms with Crippen LogP contribution in [0.15, 0.2) is 22.6 Å². The van der Waals surface area contributed by atoms with E-state index in [1.807, 2.05) is 13.0 Å². The maximum atomic E-state index is 12.6. The van der Waals surface area contributed by atoms with Gasteiger partial charge in [-0.25, -0.2) is 4.98 Å². The third kappa shape index (κ3) is 2.45. The van der Waals surface area contributed by atoms with Crippen LogP contribution in [0.3, 0.4) is 0 Å². The molecule has 116 valence electrons. The molecule has 22 heavy (non-hydrogen) atoms. The predicted octanol–water partition coefficient (Wildman–Crippen LogP) is 2.46. The lowest BCUT2D eigenvalue weighted by Crippen LogP contribution is -2.49. The van der Waals surface area contributed by atoms with Gasteiger partial charge in [0, 0.05) is 24.3 Å². The molecule has 2 atom stereocenters. The van der Waals surface area contributed by atoms with Gasteiger partial charge < -0.3 is 14.4 Å². The van der Waals surface area contributed by atoms with Gasteiger partial charge in [-0.2, -0.15) is 0 Å². The molecule has 0 radical (unpaired) electrons. The minimum absolute atomic E-state index is 0.214. The van der Waals surface area contributed by atoms with Crippen LogP contribution in [0.25, 0.3) is 11.1 Å². The van der Waals surface area contributed by atoms with Crippen molar-refractivity contribution < 1.29 is 19.1 Å². The van der Waals surface area contributed by atoms with E-state index in [-0.39, 0.29) is 17.7 Å². The monoisotopic (exact) mass is 302 g/mol. The lowest BCUT2D eigenvalue weighted by molar-refractivity contribution is -0.145. The number of hydrogen-bond acceptors (Lipinski definition) is 4. The van der Waals surface area contributed by atoms with E-state index < -0.39 is 11.9 Å². The molecule has 0 aliphatic carbocycles. The number of pyridine rings is 1. The molecule has 1 saturated heterocycles. The number of furan rings is 1. The fraction of sp³-hybridized carbons (Fsp3) is 0.438. The molecule has 2 aromatic rings. The van der Waals surface area contributed by atoms with Gasteiger partial charge in [0.25, 0.3) is 5.91 Å². The average molecular weight is 302 g/mol. The summed E-state index contributed by atoms with van der Waals surface area (Å²) >= 11 is 0. The first kappa shape index (κ1) is 14.6. The van der Waals surface area contributed by atoms with Crippen LogP contribution in [0.1, 0.15) is 36.0 Å². The van der Waals surface area contributed by atoms with Crippen molar-refractivity contribution in [1.82, 2.24) is 9.88 Å². The van der Waals surface area contributed by atoms with Gasteiger partial charge >= 0.3 is 5.97 Å². The van der Waals surface area contributed by atoms with Crippen LogP contribution in [0.5, 0.6) is 0 Å². The zero-order valence-electron chi connectivity index (χ0n) is 12.6. The Bertz CT molecular complexity index is 737. The van der Waals surface area contributed by atoms with E-state index in [0.717, 1.165) is 5.69 Å². The Hall–Kier alpha value is -2.37. The summed E-state index contributed by atoms with van der Waals surface area (Å²) in [6.45, 7) is 4.20. The minimum Gasteiger partial charge on any atom is -0.481 e. The molecular formula is C16H18N2O4. The van der Waals surface area contributed by atoms with Crippen LogP contribution in [-0.4, -0.2) is 39.5 Å². The van der Waals surface area contributed by atoms with Crippen molar-refractivity contribution in [2.24, 2.45) is 5.92 Å². The van der Waals surface area contributed by atoms with E-state index in [2.05, 4.69) is 4.98 Å². The van der Waals surface area contributed by atoms with Crippen LogP contribution in [-0.2, 0) is 4.79 Å². The number of aromatic nitrogens is 1. The number of aliphatic carboxylic acids is 1. The summed E-state index contributed by atoms with van der Waals surface area (Å²) in [7, 11) is 0. The minimum atomic E-state index is -0.855. The molecule has 6 nitrogen and oxygen atoms in total. The lowest BCUT2D eigenvalue weighted by atomic mass is 9.90. The number of carboxylic acids is 1. The molecular weight excluding hydrogens is 284 g/mol. The number of nitrogens with zero attached hydrogens (tertiary/aromatic N) is 2. The average Bonchev–Trinajstić information content (AvgIpc) is 2.89. The number of rotatable bonds is 2. The van der Waals surface area contributed by atoms with Crippen LogP contribution in [0, 0.1) is 12.8 Å². The molecule has 2 aromatic heterocycles. The second kappa shape index (κ2) is 5.44. The van der Waals surface area contributed by atoms with Crippen LogP contribution >= 0.6 is 0 Å². The first-order valence-electron chi connectivity index (χ1n) is 7.38. The van der Waals surface area contributed by atoms with E-state index in [4.69, 9.17) is 4.42 Å². The number of carboxylic acid groups (broad SMARTS) is 1. The van der Waals surface area contributed by atoms with E-state index in [1.165, 1.54) is 0 Å². The molecule has 1 fully saturated rings. The van der Waals surface area contributed by atoms with E-state index >= 15 is 0 Å². The fourth-order valence-corrected chi connectivity index (χ4v) is 3.03. The lowest BCUT2D eigenvalue weighted by Gasteiger charge is -2.36. The van der Waals surface area contributed by atoms with E-state index in [9.17, 15) is 14.7 Å². The van der Waals surface area contributed by atoms with Crippen molar-refractivity contribution in [1.29, 1.82) is 0 Å². The molecule has 3 rings (SSSR count). The number of hydrogen-bond donors (Lipinski definition) is 1. The third-order valence-electron chi connectivity index (χ3n) is 4.29. The summed E-state index contributed by atoms with van der Waals surface area (Å²) in [5.74, 6) is -1.44. The second-order valence-corrected chi connectivity index (χ2v) is 5.77. The number of aryl methyl sites for hydroxylation is 1. The van der Waals surface area contributed by atoms with E-state index in [0.29, 0.717) is 30.5 Å². The Kier molecular flexibility index (Phi) is 3.60. The first-order chi connectivity index (χ1) is 10.5. The molecule has 1 amide bonds. The summed E-state index contributed by atoms with van der Waals surface area (Å²) in [5, 5.41) is 9.25. The smallest absolute Gasteiger partial charge is 0.308 e. The van der Waals surface area contributed by atoms with Crippen molar-refractivity contribution >= 4 is 23.0 Å². The van der Waals surface area contributed by atoms with Crippen molar-refractivity contribution in [2.75, 3.05) is 6.54 Å². The highest BCUT2D eigenvalue weighted by Gasteiger charge is 2.36. The second-order valence-electron chi connectivity index (χ2n) is 5.77. The molecule has 1 N–H and O–H groups in total. The maximum Gasteiger partial charge on any atom is 0.308 e. The molecule has 6 heteroatoms. The van der Waals surface area contributed by atoms with Crippen molar-refractivity contribution in [3.63, 3.8) is 0 Å². The fourth-order valence-electron chi connectivity index (χ4n) is 3.03. The summed E-state index contributed by atoms with van der Waals surface area (Å²) in [6.07, 6.45) is 1.28. The molecule has 0 spiro atoms. The standard InChI is InChI=1S/C16H18N2O4/c1-9-5-6-13-12(17-9)8-14(22-13)15(19)18-7-3-4-11(10(18)2)16(20)21/h5-6,8,10-11H,3-4,7H2,1-2H3,(H,20,21)/t10-,11-/m1/s1. The van der Waals surface area contributed by atoms with Crippen LogP contribution in [0.2, 0.25) is 0 Å². The Morgan fingerprint density at radius 3 is 2.91 bits per heavy atom. The van der Waals surface area contributed by atoms with Crippen molar-refractivity contribution in [3.8, 4) is 0 Å². The Balaban J connectivity index is 1.89. The number of likely N-dealkylation sites (tertiary alicyclic amines) is 1. The van der Waals surface area contributed by atoms with Gasteiger partial charge in [-0.15, -0.1) is 0 Å². The van der Waals surface area contributed by atoms with Gasteiger partial charge in [0.1, 0.15) is 5.52 Å². The molecule has 0 aromatic carbocycles. The zero-order valence-corrected chi connectivity index (χ0v) is 12.6. The molecule has 0 saturated carbocycles. The summed E-state index contributed by atoms with van der Waals surface area (Å²) in [5.41, 5.74) is 2.06. The molecule has 0 bridgehead atoms. The van der Waals surface area contributed by atoms with Crippen molar-refractivity contribution in [3.05, 3.63) is 29.7 Å². The van der Waals surface area contributed by atoms with Gasteiger partial charge in [-0.3, -0.25) is 9.59 Å². The Morgan fingerprint density at radius 2 is 2.18 bits per heavy atom. The summed E-state index contributed by atoms with van der Waals surface area (Å²) < 4.78 is 5.58. The van der Waals surface area contributed by atoms with Crippen LogP contribution in [0.4, 0.5) is 0 Å². The summed E-state index contributed by atoms with van der Waals surface area (Å²) in [6, 6.07) is 4.89. The van der Waals surface area contributed by atoms with Gasteiger partial charge in [0.15, 0.2) is 11.3 Å². The maximum absolute atomic E-state index is 12.6. The number of carbonyl (C=O) groups excluding carboxylic acids is 1. The molecule has 0 unspecified atom stereocenters. The molecule has 1 aliphatic heterocycles. The molecule has 3 heterocycles. The van der Waals surface area contributed by atoms with E-state index in [1.54, 1.807) is 24.0 Å². The normalized spacial score (nSPS) is 22.0. The highest BCUT2D eigenvalue weighted by atomic mass is 16.4. The first-order valence-corrected chi connectivity index (χ1v) is 7.38. The van der Waals surface area contributed by atoms with Gasteiger partial charge in [-0.05, 0) is 38.8 Å². The highest BCUT2D eigenvalue weighted by molar-refractivity contribution is 5.95. The number of piperidine rings is 1. The molecule has 1 aliphatic rings. The van der Waals surface area contributed by atoms with Crippen LogP contribution < -0.4 is 0 Å². The third-order valence-corrected chi connectivity index (χ3v) is 4.29. The topological polar surface area (TPSA) is 83.6 Å². The highest BCUT2D eigenvalue weighted by Crippen LogP contribution is 2.27. The number of fused-ring (bicyclic) bond motifs is 1. The van der Waals surface area contributed by atoms with Gasteiger partial charge in [0.05, 0.1) is 5.92 Å². The quantitative estimate of drug-likeness (QED) is 0.921. The van der Waals surface area contributed by atoms with Crippen molar-refractivity contribution in [2.45, 2.75) is 32.7 Å². The predicted molar refractivity (Wildman–Crippen MR) is 79.6 cm³/mol. The number of carbonyl (C=O) groups is 2.